The molecule has 0 fully saturated rings. The second-order valence-corrected chi connectivity index (χ2v) is 6.72. The second-order valence-electron chi connectivity index (χ2n) is 6.72. The molecule has 2 N–H and O–H groups in total. The van der Waals surface area contributed by atoms with Gasteiger partial charge in [0.05, 0.1) is 11.4 Å². The number of amides is 2. The maximum atomic E-state index is 11.8. The van der Waals surface area contributed by atoms with Gasteiger partial charge in [0, 0.05) is 5.97 Å². The van der Waals surface area contributed by atoms with Crippen molar-refractivity contribution in [2.24, 2.45) is 11.7 Å². The van der Waals surface area contributed by atoms with Gasteiger partial charge in [-0.25, -0.2) is 4.79 Å². The molecule has 2 amide bonds. The monoisotopic (exact) mass is 402 g/mol. The van der Waals surface area contributed by atoms with Crippen molar-refractivity contribution >= 4 is 35.5 Å². The van der Waals surface area contributed by atoms with Crippen LogP contribution < -0.4 is 45.3 Å². The van der Waals surface area contributed by atoms with E-state index in [9.17, 15) is 14.7 Å². The fourth-order valence-electron chi connectivity index (χ4n) is 3.29. The van der Waals surface area contributed by atoms with Crippen molar-refractivity contribution in [1.29, 1.82) is 0 Å². The van der Waals surface area contributed by atoms with E-state index in [0.717, 1.165) is 48.2 Å². The minimum atomic E-state index is -0.885. The van der Waals surface area contributed by atoms with E-state index < -0.39 is 12.0 Å². The van der Waals surface area contributed by atoms with Gasteiger partial charge in [-0.15, -0.1) is 0 Å². The Morgan fingerprint density at radius 1 is 0.897 bits per heavy atom. The van der Waals surface area contributed by atoms with Gasteiger partial charge in [0.2, 0.25) is 0 Å². The van der Waals surface area contributed by atoms with Crippen LogP contribution in [0.5, 0.6) is 0 Å². The van der Waals surface area contributed by atoms with E-state index in [1.54, 1.807) is 4.90 Å². The quantitative estimate of drug-likeness (QED) is 0.766. The second kappa shape index (κ2) is 12.5. The summed E-state index contributed by atoms with van der Waals surface area (Å²) in [5.41, 5.74) is 9.11. The molecule has 0 radical (unpaired) electrons. The molecule has 5 nitrogen and oxygen atoms in total. The molecule has 0 saturated heterocycles. The maximum Gasteiger partial charge on any atom is 1.00 e. The summed E-state index contributed by atoms with van der Waals surface area (Å²) in [6.45, 7) is 3.98. The van der Waals surface area contributed by atoms with Crippen molar-refractivity contribution in [2.45, 2.75) is 39.5 Å². The predicted molar refractivity (Wildman–Crippen MR) is 112 cm³/mol. The first kappa shape index (κ1) is 25.0. The first-order valence-electron chi connectivity index (χ1n) is 9.66. The van der Waals surface area contributed by atoms with Crippen LogP contribution >= 0.6 is 0 Å². The fraction of sp³-hybridized carbons (Fsp3) is 0.304. The van der Waals surface area contributed by atoms with Gasteiger partial charge in [0.1, 0.15) is 0 Å². The molecule has 1 aliphatic heterocycles. The summed E-state index contributed by atoms with van der Waals surface area (Å²) in [4.78, 5) is 23.7. The number of carboxylic acids is 1. The summed E-state index contributed by atoms with van der Waals surface area (Å²) in [5, 5.41) is 10.4. The third-order valence-electron chi connectivity index (χ3n) is 4.63. The molecule has 1 aliphatic rings. The minimum absolute atomic E-state index is 0. The Hall–Kier alpha value is -2.08. The summed E-state index contributed by atoms with van der Waals surface area (Å²) in [5.74, 6) is -1.10. The van der Waals surface area contributed by atoms with E-state index in [2.05, 4.69) is 0 Å². The van der Waals surface area contributed by atoms with Crippen LogP contribution in [-0.2, 0) is 4.79 Å². The van der Waals surface area contributed by atoms with Crippen molar-refractivity contribution in [3.05, 3.63) is 59.7 Å². The number of aliphatic carboxylic acids is 1. The van der Waals surface area contributed by atoms with E-state index in [1.807, 2.05) is 74.5 Å². The zero-order chi connectivity index (χ0) is 20.5. The van der Waals surface area contributed by atoms with Gasteiger partial charge < -0.3 is 15.6 Å². The Balaban J connectivity index is 0.000000332. The molecule has 1 heterocycles. The molecule has 0 aliphatic carbocycles. The van der Waals surface area contributed by atoms with Gasteiger partial charge in [-0.2, -0.15) is 0 Å². The molecular formula is C23H27N2NaO3. The molecule has 0 aromatic heterocycles. The molecule has 0 spiro atoms. The van der Waals surface area contributed by atoms with Gasteiger partial charge in [-0.05, 0) is 42.0 Å². The molecule has 0 atom stereocenters. The number of anilines is 2. The molecule has 0 saturated carbocycles. The largest absolute Gasteiger partial charge is 1.00 e. The number of para-hydroxylation sites is 2. The first-order valence-corrected chi connectivity index (χ1v) is 9.66. The van der Waals surface area contributed by atoms with Crippen LogP contribution in [0.3, 0.4) is 0 Å². The zero-order valence-electron chi connectivity index (χ0n) is 17.4. The molecule has 2 aromatic carbocycles. The van der Waals surface area contributed by atoms with Crippen LogP contribution in [0.25, 0.3) is 12.2 Å². The number of nitrogens with zero attached hydrogens (tertiary/aromatic N) is 1. The Kier molecular flexibility index (Phi) is 10.7. The van der Waals surface area contributed by atoms with Crippen LogP contribution in [0.4, 0.5) is 16.2 Å². The number of carboxylic acid groups (broad SMARTS) is 1. The van der Waals surface area contributed by atoms with Crippen LogP contribution in [0.2, 0.25) is 0 Å². The van der Waals surface area contributed by atoms with Crippen molar-refractivity contribution in [2.75, 3.05) is 4.90 Å². The van der Waals surface area contributed by atoms with Gasteiger partial charge >= 0.3 is 35.6 Å². The van der Waals surface area contributed by atoms with Crippen molar-refractivity contribution < 1.29 is 44.3 Å². The number of fused-ring (bicyclic) bond motifs is 2. The van der Waals surface area contributed by atoms with Crippen LogP contribution in [0.15, 0.2) is 48.5 Å². The molecule has 0 bridgehead atoms. The molecule has 29 heavy (non-hydrogen) atoms. The Morgan fingerprint density at radius 3 is 1.66 bits per heavy atom. The molecular weight excluding hydrogens is 375 g/mol. The van der Waals surface area contributed by atoms with Gasteiger partial charge in [-0.3, -0.25) is 4.90 Å². The third kappa shape index (κ3) is 6.74. The Morgan fingerprint density at radius 2 is 1.31 bits per heavy atom. The topological polar surface area (TPSA) is 86.5 Å². The normalized spacial score (nSPS) is 11.3. The summed E-state index contributed by atoms with van der Waals surface area (Å²) in [6, 6.07) is 14.9. The van der Waals surface area contributed by atoms with Crippen molar-refractivity contribution in [1.82, 2.24) is 0 Å². The first-order chi connectivity index (χ1) is 13.5. The summed E-state index contributed by atoms with van der Waals surface area (Å²) in [7, 11) is 0. The van der Waals surface area contributed by atoms with E-state index in [4.69, 9.17) is 5.73 Å². The summed E-state index contributed by atoms with van der Waals surface area (Å²) < 4.78 is 0. The zero-order valence-corrected chi connectivity index (χ0v) is 19.4. The smallest absolute Gasteiger partial charge is 0.550 e. The average Bonchev–Trinajstić information content (AvgIpc) is 2.85. The molecule has 6 heteroatoms. The van der Waals surface area contributed by atoms with Crippen LogP contribution in [-0.4, -0.2) is 12.0 Å². The number of hydrogen-bond donors (Lipinski definition) is 1. The number of rotatable bonds is 5. The van der Waals surface area contributed by atoms with Gasteiger partial charge in [0.15, 0.2) is 0 Å². The third-order valence-corrected chi connectivity index (χ3v) is 4.63. The Bertz CT molecular complexity index is 796. The molecule has 148 valence electrons. The number of benzene rings is 2. The van der Waals surface area contributed by atoms with Gasteiger partial charge in [0.25, 0.3) is 0 Å². The number of hydrogen-bond acceptors (Lipinski definition) is 3. The number of carbonyl (C=O) groups is 2. The predicted octanol–water partition coefficient (Wildman–Crippen LogP) is 1.34. The fourth-order valence-corrected chi connectivity index (χ4v) is 3.29. The minimum Gasteiger partial charge on any atom is -0.550 e. The number of nitrogens with two attached hydrogens (primary N) is 1. The van der Waals surface area contributed by atoms with E-state index in [0.29, 0.717) is 0 Å². The summed E-state index contributed by atoms with van der Waals surface area (Å²) >= 11 is 0. The molecule has 2 aromatic rings. The van der Waals surface area contributed by atoms with E-state index >= 15 is 0 Å². The number of urea groups is 1. The maximum absolute atomic E-state index is 11.8. The molecule has 3 rings (SSSR count). The Labute approximate surface area is 194 Å². The SMILES string of the molecule is CCCC(CCC)C(=O)[O-].NC(=O)N1c2ccccc2C=Cc2ccccc21.[Na+]. The van der Waals surface area contributed by atoms with Crippen molar-refractivity contribution in [3.63, 3.8) is 0 Å². The van der Waals surface area contributed by atoms with Gasteiger partial charge in [-0.1, -0.05) is 75.2 Å². The average molecular weight is 402 g/mol. The van der Waals surface area contributed by atoms with E-state index in [1.165, 1.54) is 0 Å². The van der Waals surface area contributed by atoms with Crippen LogP contribution in [0.1, 0.15) is 50.7 Å². The van der Waals surface area contributed by atoms with Crippen molar-refractivity contribution in [3.8, 4) is 0 Å². The summed E-state index contributed by atoms with van der Waals surface area (Å²) in [6.07, 6.45) is 7.37. The van der Waals surface area contributed by atoms with Crippen LogP contribution in [0, 0.1) is 5.92 Å². The van der Waals surface area contributed by atoms with E-state index in [-0.39, 0.29) is 35.5 Å². The standard InChI is InChI=1S/C15H12N2O.C8H16O2.Na/c16-15(18)17-13-7-3-1-5-11(13)9-10-12-6-2-4-8-14(12)17;1-3-5-7(6-4-2)8(9)10;/h1-10H,(H2,16,18);7H,3-6H2,1-2H3,(H,9,10);/q;;+1/p-1. The molecule has 0 unspecified atom stereocenters. The number of primary amides is 1. The number of carbonyl (C=O) groups excluding carboxylic acids is 2.